The van der Waals surface area contributed by atoms with Gasteiger partial charge in [0.1, 0.15) is 0 Å². The fourth-order valence-corrected chi connectivity index (χ4v) is 5.11. The molecular weight excluding hydrogens is 264 g/mol. The van der Waals surface area contributed by atoms with E-state index in [1.807, 2.05) is 14.2 Å². The lowest BCUT2D eigenvalue weighted by Crippen LogP contribution is -2.38. The molecule has 0 rings (SSSR count). The highest BCUT2D eigenvalue weighted by atomic mass is 28.4. The summed E-state index contributed by atoms with van der Waals surface area (Å²) < 4.78 is 11.3. The van der Waals surface area contributed by atoms with E-state index in [4.69, 9.17) is 8.85 Å². The van der Waals surface area contributed by atoms with Crippen molar-refractivity contribution in [2.45, 2.75) is 96.6 Å². The third kappa shape index (κ3) is 9.95. The number of rotatable bonds is 15. The lowest BCUT2D eigenvalue weighted by atomic mass is 10.1. The average molecular weight is 303 g/mol. The van der Waals surface area contributed by atoms with Gasteiger partial charge in [-0.3, -0.25) is 0 Å². The van der Waals surface area contributed by atoms with E-state index >= 15 is 0 Å². The number of hydrogen-bond acceptors (Lipinski definition) is 2. The van der Waals surface area contributed by atoms with Crippen LogP contribution >= 0.6 is 0 Å². The van der Waals surface area contributed by atoms with Crippen LogP contribution in [0.15, 0.2) is 0 Å². The summed E-state index contributed by atoms with van der Waals surface area (Å²) in [6.45, 7) is 4.47. The molecule has 0 fully saturated rings. The molecule has 0 radical (unpaired) electrons. The summed E-state index contributed by atoms with van der Waals surface area (Å²) in [6.07, 6.45) is 15.4. The number of unbranched alkanes of at least 4 members (excludes halogenated alkanes) is 10. The number of hydrogen-bond donors (Lipinski definition) is 0. The molecular formula is C17H38O2Si. The minimum atomic E-state index is -1.81. The van der Waals surface area contributed by atoms with E-state index in [1.54, 1.807) is 0 Å². The Morgan fingerprint density at radius 1 is 0.600 bits per heavy atom. The van der Waals surface area contributed by atoms with Gasteiger partial charge in [0.2, 0.25) is 0 Å². The van der Waals surface area contributed by atoms with E-state index in [9.17, 15) is 0 Å². The molecule has 0 saturated heterocycles. The van der Waals surface area contributed by atoms with Gasteiger partial charge in [0.25, 0.3) is 0 Å². The Morgan fingerprint density at radius 3 is 1.35 bits per heavy atom. The van der Waals surface area contributed by atoms with E-state index in [0.29, 0.717) is 0 Å². The molecule has 0 aromatic carbocycles. The van der Waals surface area contributed by atoms with E-state index in [2.05, 4.69) is 13.8 Å². The van der Waals surface area contributed by atoms with Crippen LogP contribution in [0.5, 0.6) is 0 Å². The Bertz CT molecular complexity index is 185. The summed E-state index contributed by atoms with van der Waals surface area (Å²) in [4.78, 5) is 0. The molecule has 20 heavy (non-hydrogen) atoms. The molecule has 0 bridgehead atoms. The first kappa shape index (κ1) is 20.1. The Kier molecular flexibility index (Phi) is 14.2. The van der Waals surface area contributed by atoms with Crippen LogP contribution in [0.1, 0.15) is 84.5 Å². The van der Waals surface area contributed by atoms with Gasteiger partial charge in [0.05, 0.1) is 0 Å². The Morgan fingerprint density at radius 2 is 1.00 bits per heavy atom. The van der Waals surface area contributed by atoms with Crippen molar-refractivity contribution in [1.82, 2.24) is 0 Å². The maximum Gasteiger partial charge on any atom is 0.337 e. The van der Waals surface area contributed by atoms with E-state index in [-0.39, 0.29) is 0 Å². The van der Waals surface area contributed by atoms with Crippen LogP contribution in [0.3, 0.4) is 0 Å². The second kappa shape index (κ2) is 14.1. The fraction of sp³-hybridized carbons (Fsp3) is 1.00. The van der Waals surface area contributed by atoms with Crippen LogP contribution in [-0.4, -0.2) is 22.8 Å². The predicted molar refractivity (Wildman–Crippen MR) is 91.5 cm³/mol. The van der Waals surface area contributed by atoms with Crippen LogP contribution < -0.4 is 0 Å². The van der Waals surface area contributed by atoms with Crippen molar-refractivity contribution >= 4 is 8.56 Å². The quantitative estimate of drug-likeness (QED) is 0.271. The molecule has 0 N–H and O–H groups in total. The van der Waals surface area contributed by atoms with Gasteiger partial charge < -0.3 is 8.85 Å². The van der Waals surface area contributed by atoms with Gasteiger partial charge >= 0.3 is 8.56 Å². The highest BCUT2D eigenvalue weighted by Gasteiger charge is 2.32. The van der Waals surface area contributed by atoms with Crippen molar-refractivity contribution < 1.29 is 8.85 Å². The zero-order chi connectivity index (χ0) is 15.1. The van der Waals surface area contributed by atoms with Crippen LogP contribution in [-0.2, 0) is 8.85 Å². The molecule has 0 amide bonds. The molecule has 0 heterocycles. The second-order valence-corrected chi connectivity index (χ2v) is 9.80. The molecule has 0 aliphatic carbocycles. The molecule has 0 spiro atoms. The van der Waals surface area contributed by atoms with Gasteiger partial charge in [0, 0.05) is 14.2 Å². The smallest absolute Gasteiger partial charge is 0.337 e. The molecule has 2 nitrogen and oxygen atoms in total. The largest absolute Gasteiger partial charge is 0.398 e. The van der Waals surface area contributed by atoms with Gasteiger partial charge in [-0.15, -0.1) is 0 Å². The minimum Gasteiger partial charge on any atom is -0.398 e. The summed E-state index contributed by atoms with van der Waals surface area (Å²) in [6, 6.07) is 2.23. The van der Waals surface area contributed by atoms with E-state index in [0.717, 1.165) is 12.1 Å². The van der Waals surface area contributed by atoms with Gasteiger partial charge in [-0.2, -0.15) is 0 Å². The lowest BCUT2D eigenvalue weighted by molar-refractivity contribution is 0.241. The standard InChI is InChI=1S/C17H38O2Si/c1-5-7-8-9-10-11-12-13-14-15-16-17-20(6-2,18-3)19-4/h5-17H2,1-4H3. The molecule has 0 aromatic heterocycles. The topological polar surface area (TPSA) is 18.5 Å². The van der Waals surface area contributed by atoms with Crippen molar-refractivity contribution in [2.24, 2.45) is 0 Å². The highest BCUT2D eigenvalue weighted by molar-refractivity contribution is 6.67. The van der Waals surface area contributed by atoms with Crippen molar-refractivity contribution in [3.8, 4) is 0 Å². The van der Waals surface area contributed by atoms with E-state index < -0.39 is 8.56 Å². The van der Waals surface area contributed by atoms with Gasteiger partial charge in [-0.1, -0.05) is 84.5 Å². The maximum atomic E-state index is 5.64. The van der Waals surface area contributed by atoms with Crippen LogP contribution in [0.25, 0.3) is 0 Å². The summed E-state index contributed by atoms with van der Waals surface area (Å²) in [7, 11) is 1.82. The van der Waals surface area contributed by atoms with Crippen molar-refractivity contribution in [1.29, 1.82) is 0 Å². The maximum absolute atomic E-state index is 5.64. The van der Waals surface area contributed by atoms with Crippen molar-refractivity contribution in [3.63, 3.8) is 0 Å². The molecule has 0 unspecified atom stereocenters. The molecule has 122 valence electrons. The van der Waals surface area contributed by atoms with Crippen LogP contribution in [0, 0.1) is 0 Å². The minimum absolute atomic E-state index is 1.07. The first-order chi connectivity index (χ1) is 9.74. The zero-order valence-electron chi connectivity index (χ0n) is 14.5. The summed E-state index contributed by atoms with van der Waals surface area (Å²) >= 11 is 0. The normalized spacial score (nSPS) is 12.0. The molecule has 0 atom stereocenters. The van der Waals surface area contributed by atoms with Crippen molar-refractivity contribution in [2.75, 3.05) is 14.2 Å². The fourth-order valence-electron chi connectivity index (χ4n) is 2.81. The highest BCUT2D eigenvalue weighted by Crippen LogP contribution is 2.21. The Balaban J connectivity index is 3.32. The van der Waals surface area contributed by atoms with Gasteiger partial charge in [-0.25, -0.2) is 0 Å². The third-order valence-electron chi connectivity index (χ3n) is 4.44. The van der Waals surface area contributed by atoms with Crippen LogP contribution in [0.4, 0.5) is 0 Å². The first-order valence-electron chi connectivity index (χ1n) is 8.85. The van der Waals surface area contributed by atoms with Gasteiger partial charge in [-0.05, 0) is 12.1 Å². The molecule has 3 heteroatoms. The summed E-state index contributed by atoms with van der Waals surface area (Å²) in [5, 5.41) is 0. The summed E-state index contributed by atoms with van der Waals surface area (Å²) in [5.41, 5.74) is 0. The SMILES string of the molecule is CCCCCCCCCCCCC[Si](CC)(OC)OC. The third-order valence-corrected chi connectivity index (χ3v) is 8.12. The zero-order valence-corrected chi connectivity index (χ0v) is 15.5. The van der Waals surface area contributed by atoms with Crippen LogP contribution in [0.2, 0.25) is 12.1 Å². The lowest BCUT2D eigenvalue weighted by Gasteiger charge is -2.25. The summed E-state index contributed by atoms with van der Waals surface area (Å²) in [5.74, 6) is 0. The monoisotopic (exact) mass is 302 g/mol. The van der Waals surface area contributed by atoms with Gasteiger partial charge in [0.15, 0.2) is 0 Å². The molecule has 0 aliphatic rings. The average Bonchev–Trinajstić information content (AvgIpc) is 2.49. The molecule has 0 aliphatic heterocycles. The Hall–Kier alpha value is 0.137. The van der Waals surface area contributed by atoms with Crippen molar-refractivity contribution in [3.05, 3.63) is 0 Å². The molecule has 0 aromatic rings. The first-order valence-corrected chi connectivity index (χ1v) is 11.1. The van der Waals surface area contributed by atoms with E-state index in [1.165, 1.54) is 70.6 Å². The molecule has 0 saturated carbocycles. The predicted octanol–water partition coefficient (Wildman–Crippen LogP) is 6.05. The second-order valence-electron chi connectivity index (χ2n) is 5.96. The Labute approximate surface area is 128 Å².